The van der Waals surface area contributed by atoms with Gasteiger partial charge in [-0.15, -0.1) is 0 Å². The van der Waals surface area contributed by atoms with Crippen molar-refractivity contribution in [2.24, 2.45) is 4.99 Å². The summed E-state index contributed by atoms with van der Waals surface area (Å²) >= 11 is 0. The topological polar surface area (TPSA) is 88.0 Å². The van der Waals surface area contributed by atoms with Crippen molar-refractivity contribution in [3.05, 3.63) is 96.1 Å². The molecule has 1 aliphatic heterocycles. The second-order valence-electron chi connectivity index (χ2n) is 9.07. The van der Waals surface area contributed by atoms with E-state index in [0.717, 1.165) is 16.7 Å². The predicted octanol–water partition coefficient (Wildman–Crippen LogP) is 4.78. The van der Waals surface area contributed by atoms with E-state index in [-0.39, 0.29) is 12.6 Å². The van der Waals surface area contributed by atoms with E-state index < -0.39 is 26.4 Å². The summed E-state index contributed by atoms with van der Waals surface area (Å²) in [4.78, 5) is 4.54. The Bertz CT molecular complexity index is 1260. The third kappa shape index (κ3) is 4.33. The standard InChI is InChI=1S/C27H30N2O4S/c1-26(2)27(3,23-16-14-21(15-17-23)20-10-6-4-7-11-20)34(31,32)29-25(33-26)28-24(18-19-30)22-12-8-5-9-13-22/h4-17,24,30H,18-19H2,1-3H3,(H,28,29)/t24-,27?/m0/s1. The smallest absolute Gasteiger partial charge is 0.299 e. The van der Waals surface area contributed by atoms with Gasteiger partial charge in [-0.25, -0.2) is 18.1 Å². The van der Waals surface area contributed by atoms with Crippen LogP contribution < -0.4 is 4.72 Å². The summed E-state index contributed by atoms with van der Waals surface area (Å²) in [5.74, 6) is 0. The van der Waals surface area contributed by atoms with Crippen molar-refractivity contribution in [1.29, 1.82) is 0 Å². The number of sulfonamides is 1. The molecule has 2 N–H and O–H groups in total. The summed E-state index contributed by atoms with van der Waals surface area (Å²) in [6.45, 7) is 5.11. The average Bonchev–Trinajstić information content (AvgIpc) is 2.83. The lowest BCUT2D eigenvalue weighted by Crippen LogP contribution is -2.63. The fourth-order valence-electron chi connectivity index (χ4n) is 4.31. The first-order valence-electron chi connectivity index (χ1n) is 11.3. The van der Waals surface area contributed by atoms with Gasteiger partial charge < -0.3 is 9.84 Å². The van der Waals surface area contributed by atoms with Gasteiger partial charge in [0, 0.05) is 6.61 Å². The molecule has 1 aliphatic rings. The molecule has 1 saturated heterocycles. The molecular weight excluding hydrogens is 448 g/mol. The largest absolute Gasteiger partial charge is 0.456 e. The Labute approximate surface area is 201 Å². The number of nitrogens with one attached hydrogen (secondary N) is 1. The minimum Gasteiger partial charge on any atom is -0.456 e. The molecular formula is C27H30N2O4S. The number of hydrogen-bond acceptors (Lipinski definition) is 5. The maximum Gasteiger partial charge on any atom is 0.299 e. The molecule has 1 heterocycles. The number of nitrogens with zero attached hydrogens (tertiary/aromatic N) is 1. The lowest BCUT2D eigenvalue weighted by atomic mass is 9.84. The second kappa shape index (κ2) is 9.24. The number of aliphatic hydroxyl groups is 1. The van der Waals surface area contributed by atoms with E-state index in [1.54, 1.807) is 20.8 Å². The predicted molar refractivity (Wildman–Crippen MR) is 135 cm³/mol. The van der Waals surface area contributed by atoms with Crippen LogP contribution in [0.4, 0.5) is 0 Å². The van der Waals surface area contributed by atoms with Crippen LogP contribution in [0.1, 0.15) is 44.4 Å². The van der Waals surface area contributed by atoms with Crippen molar-refractivity contribution < 1.29 is 18.3 Å². The third-order valence-corrected chi connectivity index (χ3v) is 8.91. The second-order valence-corrected chi connectivity index (χ2v) is 11.1. The zero-order chi connectivity index (χ0) is 24.4. The molecule has 0 radical (unpaired) electrons. The fourth-order valence-corrected chi connectivity index (χ4v) is 5.98. The Morgan fingerprint density at radius 1 is 0.882 bits per heavy atom. The molecule has 3 aromatic carbocycles. The van der Waals surface area contributed by atoms with E-state index in [9.17, 15) is 13.5 Å². The van der Waals surface area contributed by atoms with E-state index in [1.165, 1.54) is 0 Å². The maximum atomic E-state index is 13.6. The number of ether oxygens (including phenoxy) is 1. The zero-order valence-corrected chi connectivity index (χ0v) is 20.4. The average molecular weight is 479 g/mol. The monoisotopic (exact) mass is 478 g/mol. The van der Waals surface area contributed by atoms with Gasteiger partial charge in [-0.2, -0.15) is 0 Å². The van der Waals surface area contributed by atoms with Crippen LogP contribution in [0.15, 0.2) is 89.9 Å². The number of benzene rings is 3. The minimum atomic E-state index is -3.92. The summed E-state index contributed by atoms with van der Waals surface area (Å²) in [6.07, 6.45) is 0.344. The summed E-state index contributed by atoms with van der Waals surface area (Å²) < 4.78 is 34.6. The van der Waals surface area contributed by atoms with Crippen LogP contribution in [0.2, 0.25) is 0 Å². The first-order chi connectivity index (χ1) is 16.2. The lowest BCUT2D eigenvalue weighted by Gasteiger charge is -2.47. The highest BCUT2D eigenvalue weighted by Crippen LogP contribution is 2.45. The van der Waals surface area contributed by atoms with Gasteiger partial charge in [0.1, 0.15) is 5.60 Å². The highest BCUT2D eigenvalue weighted by Gasteiger charge is 2.59. The van der Waals surface area contributed by atoms with Crippen molar-refractivity contribution >= 4 is 16.0 Å². The van der Waals surface area contributed by atoms with Crippen LogP contribution in [0.3, 0.4) is 0 Å². The van der Waals surface area contributed by atoms with Crippen LogP contribution in [-0.2, 0) is 19.5 Å². The lowest BCUT2D eigenvalue weighted by molar-refractivity contribution is 0.0381. The van der Waals surface area contributed by atoms with Crippen LogP contribution in [0.5, 0.6) is 0 Å². The van der Waals surface area contributed by atoms with E-state index in [1.807, 2.05) is 84.9 Å². The van der Waals surface area contributed by atoms with Crippen molar-refractivity contribution in [3.8, 4) is 11.1 Å². The van der Waals surface area contributed by atoms with Gasteiger partial charge in [0.05, 0.1) is 6.04 Å². The Hall–Kier alpha value is -3.16. The van der Waals surface area contributed by atoms with Gasteiger partial charge in [-0.1, -0.05) is 84.9 Å². The van der Waals surface area contributed by atoms with Gasteiger partial charge in [0.25, 0.3) is 6.02 Å². The molecule has 0 spiro atoms. The number of aliphatic hydroxyl groups excluding tert-OH is 1. The van der Waals surface area contributed by atoms with Crippen LogP contribution in [0, 0.1) is 0 Å². The quantitative estimate of drug-likeness (QED) is 0.534. The molecule has 0 bridgehead atoms. The first kappa shape index (κ1) is 24.0. The number of amidine groups is 1. The number of hydrogen-bond donors (Lipinski definition) is 2. The Morgan fingerprint density at radius 2 is 1.44 bits per heavy atom. The normalized spacial score (nSPS) is 23.0. The number of rotatable bonds is 6. The van der Waals surface area contributed by atoms with Crippen LogP contribution in [-0.4, -0.2) is 31.8 Å². The molecule has 6 nitrogen and oxygen atoms in total. The molecule has 2 atom stereocenters. The molecule has 4 rings (SSSR count). The van der Waals surface area contributed by atoms with Gasteiger partial charge in [-0.05, 0) is 49.4 Å². The molecule has 0 aromatic heterocycles. The molecule has 1 unspecified atom stereocenters. The van der Waals surface area contributed by atoms with Crippen molar-refractivity contribution in [1.82, 2.24) is 4.72 Å². The van der Waals surface area contributed by atoms with Crippen molar-refractivity contribution in [2.75, 3.05) is 6.61 Å². The maximum absolute atomic E-state index is 13.6. The molecule has 34 heavy (non-hydrogen) atoms. The fraction of sp³-hybridized carbons (Fsp3) is 0.296. The Kier molecular flexibility index (Phi) is 6.51. The van der Waals surface area contributed by atoms with Crippen LogP contribution in [0.25, 0.3) is 11.1 Å². The summed E-state index contributed by atoms with van der Waals surface area (Å²) in [5.41, 5.74) is 2.44. The minimum absolute atomic E-state index is 0.0642. The molecule has 0 aliphatic carbocycles. The van der Waals surface area contributed by atoms with Gasteiger partial charge >= 0.3 is 0 Å². The van der Waals surface area contributed by atoms with Gasteiger partial charge in [-0.3, -0.25) is 0 Å². The Morgan fingerprint density at radius 3 is 2.00 bits per heavy atom. The molecule has 7 heteroatoms. The molecule has 0 amide bonds. The molecule has 178 valence electrons. The summed E-state index contributed by atoms with van der Waals surface area (Å²) in [6, 6.07) is 26.4. The Balaban J connectivity index is 1.68. The van der Waals surface area contributed by atoms with Crippen molar-refractivity contribution in [3.63, 3.8) is 0 Å². The molecule has 3 aromatic rings. The molecule has 1 fully saturated rings. The highest BCUT2D eigenvalue weighted by molar-refractivity contribution is 7.91. The third-order valence-electron chi connectivity index (χ3n) is 6.66. The van der Waals surface area contributed by atoms with E-state index >= 15 is 0 Å². The number of aliphatic imine (C=N–C) groups is 1. The summed E-state index contributed by atoms with van der Waals surface area (Å²) in [5, 5.41) is 9.52. The van der Waals surface area contributed by atoms with Gasteiger partial charge in [0.2, 0.25) is 10.0 Å². The van der Waals surface area contributed by atoms with Crippen molar-refractivity contribution in [2.45, 2.75) is 43.6 Å². The molecule has 0 saturated carbocycles. The van der Waals surface area contributed by atoms with E-state index in [4.69, 9.17) is 4.74 Å². The summed E-state index contributed by atoms with van der Waals surface area (Å²) in [7, 11) is -3.92. The van der Waals surface area contributed by atoms with E-state index in [2.05, 4.69) is 9.71 Å². The first-order valence-corrected chi connectivity index (χ1v) is 12.8. The van der Waals surface area contributed by atoms with Gasteiger partial charge in [0.15, 0.2) is 4.75 Å². The SMILES string of the molecule is CC1(C)OC(=N[C@@H](CCO)c2ccccc2)NS(=O)(=O)C1(C)c1ccc(-c2ccccc2)cc1. The zero-order valence-electron chi connectivity index (χ0n) is 19.6. The van der Waals surface area contributed by atoms with E-state index in [0.29, 0.717) is 12.0 Å². The highest BCUT2D eigenvalue weighted by atomic mass is 32.2. The van der Waals surface area contributed by atoms with Crippen LogP contribution >= 0.6 is 0 Å².